The molecule has 0 spiro atoms. The zero-order chi connectivity index (χ0) is 27.4. The van der Waals surface area contributed by atoms with Crippen LogP contribution in [-0.4, -0.2) is 51.6 Å². The molecule has 3 heterocycles. The summed E-state index contributed by atoms with van der Waals surface area (Å²) in [4.78, 5) is 23.6. The Bertz CT molecular complexity index is 1370. The smallest absolute Gasteiger partial charge is 0.252 e. The second-order valence-electron chi connectivity index (χ2n) is 9.76. The number of benzene rings is 1. The minimum atomic E-state index is -0.387. The third-order valence-electron chi connectivity index (χ3n) is 7.42. The van der Waals surface area contributed by atoms with E-state index in [0.717, 1.165) is 61.0 Å². The zero-order valence-corrected chi connectivity index (χ0v) is 23.2. The van der Waals surface area contributed by atoms with Crippen LogP contribution in [0.25, 0.3) is 0 Å². The fourth-order valence-corrected chi connectivity index (χ4v) is 5.75. The molecule has 2 aliphatic rings. The predicted molar refractivity (Wildman–Crippen MR) is 154 cm³/mol. The van der Waals surface area contributed by atoms with Gasteiger partial charge >= 0.3 is 0 Å². The van der Waals surface area contributed by atoms with Crippen molar-refractivity contribution in [1.29, 1.82) is 0 Å². The average molecular weight is 568 g/mol. The third kappa shape index (κ3) is 6.29. The van der Waals surface area contributed by atoms with Crippen molar-refractivity contribution in [2.24, 2.45) is 0 Å². The minimum absolute atomic E-state index is 0.212. The third-order valence-corrected chi connectivity index (χ3v) is 7.92. The van der Waals surface area contributed by atoms with Gasteiger partial charge in [0.1, 0.15) is 5.82 Å². The molecule has 0 radical (unpaired) electrons. The van der Waals surface area contributed by atoms with Crippen LogP contribution in [0.1, 0.15) is 58.4 Å². The van der Waals surface area contributed by atoms with Gasteiger partial charge in [-0.1, -0.05) is 24.6 Å². The first-order valence-electron chi connectivity index (χ1n) is 13.1. The van der Waals surface area contributed by atoms with Gasteiger partial charge in [-0.2, -0.15) is 0 Å². The molecular weight excluding hydrogens is 537 g/mol. The Morgan fingerprint density at radius 1 is 1.18 bits per heavy atom. The predicted octanol–water partition coefficient (Wildman–Crippen LogP) is 4.16. The van der Waals surface area contributed by atoms with Crippen LogP contribution in [0.5, 0.6) is 0 Å². The van der Waals surface area contributed by atoms with Gasteiger partial charge in [-0.3, -0.25) is 25.5 Å². The Balaban J connectivity index is 1.22. The number of halogens is 2. The number of pyridine rings is 2. The molecule has 1 aromatic carbocycles. The highest BCUT2D eigenvalue weighted by atomic mass is 35.5. The highest BCUT2D eigenvalue weighted by Crippen LogP contribution is 2.32. The van der Waals surface area contributed by atoms with Crippen molar-refractivity contribution < 1.29 is 9.18 Å². The van der Waals surface area contributed by atoms with Crippen molar-refractivity contribution in [2.45, 2.75) is 44.7 Å². The van der Waals surface area contributed by atoms with E-state index in [1.54, 1.807) is 24.5 Å². The van der Waals surface area contributed by atoms with E-state index in [9.17, 15) is 9.18 Å². The standard InChI is InChI=1S/C28H31ClFN7OS/c1-2-37-11-3-4-21(37)15-33-27(38)19-12-24(29)26(32-14-19)35-36-28(39)34-25-22-13-20(30)8-7-17(22)5-6-18-9-10-31-16-23(18)25/h7-10,12-14,16,21,25H,2-6,11,15H2,1H3,(H,32,35)(H,33,38)(H2,34,36,39). The van der Waals surface area contributed by atoms with E-state index >= 15 is 0 Å². The monoisotopic (exact) mass is 567 g/mol. The largest absolute Gasteiger partial charge is 0.350 e. The molecule has 0 saturated carbocycles. The van der Waals surface area contributed by atoms with Crippen molar-refractivity contribution in [3.8, 4) is 0 Å². The summed E-state index contributed by atoms with van der Waals surface area (Å²) in [5, 5.41) is 6.81. The van der Waals surface area contributed by atoms with E-state index in [2.05, 4.69) is 43.3 Å². The van der Waals surface area contributed by atoms with Gasteiger partial charge in [0.25, 0.3) is 5.91 Å². The van der Waals surface area contributed by atoms with Crippen molar-refractivity contribution in [1.82, 2.24) is 30.9 Å². The topological polar surface area (TPSA) is 94.2 Å². The number of amides is 1. The molecule has 0 bridgehead atoms. The Labute approximate surface area is 237 Å². The number of thiocarbonyl (C=S) groups is 1. The maximum absolute atomic E-state index is 14.2. The summed E-state index contributed by atoms with van der Waals surface area (Å²) in [6, 6.07) is 8.37. The fourth-order valence-electron chi connectivity index (χ4n) is 5.37. The van der Waals surface area contributed by atoms with Gasteiger partial charge in [0.15, 0.2) is 10.9 Å². The Kier molecular flexibility index (Phi) is 8.54. The number of hydrogen-bond donors (Lipinski definition) is 4. The van der Waals surface area contributed by atoms with E-state index in [4.69, 9.17) is 23.8 Å². The van der Waals surface area contributed by atoms with Crippen LogP contribution in [0.3, 0.4) is 0 Å². The van der Waals surface area contributed by atoms with E-state index in [0.29, 0.717) is 24.0 Å². The lowest BCUT2D eigenvalue weighted by molar-refractivity contribution is 0.0941. The summed E-state index contributed by atoms with van der Waals surface area (Å²) in [5.74, 6) is -0.203. The van der Waals surface area contributed by atoms with Crippen LogP contribution < -0.4 is 21.5 Å². The summed E-state index contributed by atoms with van der Waals surface area (Å²) in [7, 11) is 0. The molecule has 5 rings (SSSR count). The molecule has 1 aliphatic heterocycles. The second-order valence-corrected chi connectivity index (χ2v) is 10.6. The number of fused-ring (bicyclic) bond motifs is 2. The van der Waals surface area contributed by atoms with Crippen LogP contribution >= 0.6 is 23.8 Å². The van der Waals surface area contributed by atoms with Gasteiger partial charge in [0, 0.05) is 36.7 Å². The number of rotatable bonds is 7. The molecule has 2 atom stereocenters. The Morgan fingerprint density at radius 2 is 2.00 bits per heavy atom. The van der Waals surface area contributed by atoms with Gasteiger partial charge in [0.2, 0.25) is 0 Å². The molecule has 3 aromatic rings. The van der Waals surface area contributed by atoms with Gasteiger partial charge in [-0.15, -0.1) is 0 Å². The average Bonchev–Trinajstić information content (AvgIpc) is 3.35. The molecule has 1 amide bonds. The molecule has 8 nitrogen and oxygen atoms in total. The van der Waals surface area contributed by atoms with Gasteiger partial charge < -0.3 is 10.6 Å². The lowest BCUT2D eigenvalue weighted by atomic mass is 9.96. The van der Waals surface area contributed by atoms with Crippen LogP contribution in [-0.2, 0) is 12.8 Å². The quantitative estimate of drug-likeness (QED) is 0.250. The zero-order valence-electron chi connectivity index (χ0n) is 21.6. The summed E-state index contributed by atoms with van der Waals surface area (Å²) in [5.41, 5.74) is 10.1. The van der Waals surface area contributed by atoms with Crippen molar-refractivity contribution >= 4 is 40.7 Å². The number of likely N-dealkylation sites (N-methyl/N-ethyl adjacent to an activating group) is 1. The number of aryl methyl sites for hydroxylation is 2. The molecule has 4 N–H and O–H groups in total. The maximum atomic E-state index is 14.2. The first-order chi connectivity index (χ1) is 18.9. The van der Waals surface area contributed by atoms with Crippen molar-refractivity contribution in [3.63, 3.8) is 0 Å². The fraction of sp³-hybridized carbons (Fsp3) is 0.357. The number of hydrazine groups is 1. The molecule has 11 heteroatoms. The van der Waals surface area contributed by atoms with Gasteiger partial charge in [0.05, 0.1) is 16.6 Å². The molecule has 1 aliphatic carbocycles. The number of aromatic nitrogens is 2. The lowest BCUT2D eigenvalue weighted by Gasteiger charge is -2.24. The molecular formula is C28H31ClFN7OS. The minimum Gasteiger partial charge on any atom is -0.350 e. The van der Waals surface area contributed by atoms with E-state index < -0.39 is 0 Å². The number of nitrogens with zero attached hydrogens (tertiary/aromatic N) is 3. The number of carbonyl (C=O) groups is 1. The van der Waals surface area contributed by atoms with Crippen molar-refractivity contribution in [3.05, 3.63) is 87.6 Å². The number of hydrogen-bond acceptors (Lipinski definition) is 6. The first kappa shape index (κ1) is 27.2. The summed E-state index contributed by atoms with van der Waals surface area (Å²) in [6.45, 7) is 4.78. The van der Waals surface area contributed by atoms with E-state index in [1.807, 2.05) is 12.1 Å². The normalized spacial score (nSPS) is 18.4. The van der Waals surface area contributed by atoms with Crippen LogP contribution in [0, 0.1) is 5.82 Å². The Hall–Kier alpha value is -3.34. The van der Waals surface area contributed by atoms with Gasteiger partial charge in [-0.25, -0.2) is 9.37 Å². The summed E-state index contributed by atoms with van der Waals surface area (Å²) >= 11 is 12.0. The van der Waals surface area contributed by atoms with Gasteiger partial charge in [-0.05, 0) is 91.9 Å². The molecule has 39 heavy (non-hydrogen) atoms. The molecule has 1 saturated heterocycles. The van der Waals surface area contributed by atoms with E-state index in [-0.39, 0.29) is 27.9 Å². The molecule has 1 fully saturated rings. The highest BCUT2D eigenvalue weighted by Gasteiger charge is 2.26. The number of likely N-dealkylation sites (tertiary alicyclic amines) is 1. The Morgan fingerprint density at radius 3 is 2.79 bits per heavy atom. The van der Waals surface area contributed by atoms with Crippen LogP contribution in [0.4, 0.5) is 10.2 Å². The van der Waals surface area contributed by atoms with Crippen LogP contribution in [0.15, 0.2) is 48.9 Å². The van der Waals surface area contributed by atoms with Crippen molar-refractivity contribution in [2.75, 3.05) is 25.1 Å². The molecule has 204 valence electrons. The first-order valence-corrected chi connectivity index (χ1v) is 13.9. The summed E-state index contributed by atoms with van der Waals surface area (Å²) < 4.78 is 14.2. The number of carbonyl (C=O) groups excluding carboxylic acids is 1. The number of nitrogens with one attached hydrogen (secondary N) is 4. The molecule has 2 aromatic heterocycles. The van der Waals surface area contributed by atoms with E-state index in [1.165, 1.54) is 12.3 Å². The molecule has 2 unspecified atom stereocenters. The maximum Gasteiger partial charge on any atom is 0.252 e. The summed E-state index contributed by atoms with van der Waals surface area (Å²) in [6.07, 6.45) is 8.87. The highest BCUT2D eigenvalue weighted by molar-refractivity contribution is 7.80. The lowest BCUT2D eigenvalue weighted by Crippen LogP contribution is -2.41. The second kappa shape index (κ2) is 12.2. The SMILES string of the molecule is CCN1CCCC1CNC(=O)c1cnc(NNC(=S)NC2c3cnccc3CCc3ccc(F)cc32)c(Cl)c1. The number of anilines is 1. The van der Waals surface area contributed by atoms with Crippen LogP contribution in [0.2, 0.25) is 5.02 Å².